The Labute approximate surface area is 179 Å². The molecule has 0 aliphatic carbocycles. The van der Waals surface area contributed by atoms with Gasteiger partial charge in [0.2, 0.25) is 11.8 Å². The molecule has 1 aliphatic rings. The molecule has 2 aromatic carbocycles. The first-order valence-electron chi connectivity index (χ1n) is 9.80. The van der Waals surface area contributed by atoms with E-state index in [-0.39, 0.29) is 30.0 Å². The van der Waals surface area contributed by atoms with Crippen LogP contribution in [0.5, 0.6) is 0 Å². The van der Waals surface area contributed by atoms with Crippen molar-refractivity contribution in [1.29, 1.82) is 0 Å². The lowest BCUT2D eigenvalue weighted by atomic mass is 9.92. The number of amides is 2. The Bertz CT molecular complexity index is 1320. The van der Waals surface area contributed by atoms with Gasteiger partial charge < -0.3 is 10.6 Å². The Morgan fingerprint density at radius 1 is 1.06 bits per heavy atom. The van der Waals surface area contributed by atoms with Gasteiger partial charge in [-0.15, -0.1) is 0 Å². The van der Waals surface area contributed by atoms with Crippen LogP contribution in [-0.4, -0.2) is 21.4 Å². The molecule has 0 spiro atoms. The molecule has 0 radical (unpaired) electrons. The zero-order valence-corrected chi connectivity index (χ0v) is 16.7. The molecule has 2 amide bonds. The quantitative estimate of drug-likeness (QED) is 0.564. The number of hydrogen-bond acceptors (Lipinski definition) is 4. The van der Waals surface area contributed by atoms with E-state index in [0.717, 1.165) is 23.8 Å². The molecule has 2 heterocycles. The first-order chi connectivity index (χ1) is 15.3. The third-order valence-corrected chi connectivity index (χ3v) is 5.20. The molecule has 0 saturated heterocycles. The lowest BCUT2D eigenvalue weighted by Gasteiger charge is -2.26. The van der Waals surface area contributed by atoms with Crippen molar-refractivity contribution in [3.05, 3.63) is 92.1 Å². The fourth-order valence-corrected chi connectivity index (χ4v) is 3.64. The highest BCUT2D eigenvalue weighted by Crippen LogP contribution is 2.30. The summed E-state index contributed by atoms with van der Waals surface area (Å²) in [5, 5.41) is 4.92. The molecule has 0 unspecified atom stereocenters. The summed E-state index contributed by atoms with van der Waals surface area (Å²) in [5.74, 6) is -4.82. The molecule has 0 bridgehead atoms. The van der Waals surface area contributed by atoms with Gasteiger partial charge in [-0.2, -0.15) is 0 Å². The predicted octanol–water partition coefficient (Wildman–Crippen LogP) is 2.12. The van der Waals surface area contributed by atoms with E-state index < -0.39 is 40.6 Å². The van der Waals surface area contributed by atoms with Crippen LogP contribution in [0.4, 0.5) is 20.3 Å². The van der Waals surface area contributed by atoms with Crippen LogP contribution in [0.15, 0.2) is 58.1 Å². The summed E-state index contributed by atoms with van der Waals surface area (Å²) in [7, 11) is 0. The Morgan fingerprint density at radius 3 is 2.53 bits per heavy atom. The van der Waals surface area contributed by atoms with Crippen molar-refractivity contribution in [2.75, 3.05) is 10.6 Å². The zero-order chi connectivity index (χ0) is 22.8. The van der Waals surface area contributed by atoms with Gasteiger partial charge in [0.1, 0.15) is 5.82 Å². The number of nitrogens with one attached hydrogen (secondary N) is 3. The molecular formula is C22H18F2N4O4. The Balaban J connectivity index is 1.68. The van der Waals surface area contributed by atoms with Crippen molar-refractivity contribution in [2.24, 2.45) is 0 Å². The molecule has 3 aromatic rings. The number of anilines is 2. The van der Waals surface area contributed by atoms with E-state index in [1.807, 2.05) is 30.3 Å². The molecule has 8 nitrogen and oxygen atoms in total. The molecule has 1 aliphatic heterocycles. The third-order valence-electron chi connectivity index (χ3n) is 5.20. The molecule has 0 fully saturated rings. The molecule has 0 saturated carbocycles. The average molecular weight is 440 g/mol. The van der Waals surface area contributed by atoms with Crippen LogP contribution in [0.25, 0.3) is 0 Å². The lowest BCUT2D eigenvalue weighted by Crippen LogP contribution is -2.42. The van der Waals surface area contributed by atoms with E-state index >= 15 is 0 Å². The van der Waals surface area contributed by atoms with Crippen molar-refractivity contribution in [3.63, 3.8) is 0 Å². The monoisotopic (exact) mass is 440 g/mol. The molecule has 3 N–H and O–H groups in total. The van der Waals surface area contributed by atoms with Crippen LogP contribution in [-0.2, 0) is 22.6 Å². The third kappa shape index (κ3) is 4.20. The second kappa shape index (κ2) is 8.58. The highest BCUT2D eigenvalue weighted by atomic mass is 19.2. The van der Waals surface area contributed by atoms with E-state index in [2.05, 4.69) is 15.6 Å². The van der Waals surface area contributed by atoms with Gasteiger partial charge >= 0.3 is 5.69 Å². The number of hydrogen-bond donors (Lipinski definition) is 3. The van der Waals surface area contributed by atoms with Crippen LogP contribution in [0.1, 0.15) is 23.5 Å². The first kappa shape index (κ1) is 21.2. The first-order valence-corrected chi connectivity index (χ1v) is 9.80. The van der Waals surface area contributed by atoms with E-state index in [4.69, 9.17) is 0 Å². The summed E-state index contributed by atoms with van der Waals surface area (Å²) in [5.41, 5.74) is -0.681. The van der Waals surface area contributed by atoms with E-state index in [0.29, 0.717) is 6.42 Å². The number of benzene rings is 2. The Morgan fingerprint density at radius 2 is 1.81 bits per heavy atom. The number of aromatic amines is 1. The standard InChI is InChI=1S/C22H18F2N4O4/c23-15-7-6-13(10-16(15)24)25-20(30)14-11-17(29)26-19-18(14)21(31)27-22(32)28(19)9-8-12-4-2-1-3-5-12/h1-7,10,14H,8-9,11H2,(H,25,30)(H,26,29)(H,27,31,32)/t14-/m0/s1. The normalized spacial score (nSPS) is 15.1. The average Bonchev–Trinajstić information content (AvgIpc) is 2.76. The summed E-state index contributed by atoms with van der Waals surface area (Å²) >= 11 is 0. The predicted molar refractivity (Wildman–Crippen MR) is 112 cm³/mol. The molecular weight excluding hydrogens is 422 g/mol. The fourth-order valence-electron chi connectivity index (χ4n) is 3.64. The number of carbonyl (C=O) groups is 2. The maximum atomic E-state index is 13.5. The highest BCUT2D eigenvalue weighted by molar-refractivity contribution is 6.04. The molecule has 164 valence electrons. The zero-order valence-electron chi connectivity index (χ0n) is 16.7. The summed E-state index contributed by atoms with van der Waals surface area (Å²) in [6, 6.07) is 12.1. The van der Waals surface area contributed by atoms with Crippen LogP contribution >= 0.6 is 0 Å². The second-order valence-electron chi connectivity index (χ2n) is 7.33. The second-order valence-corrected chi connectivity index (χ2v) is 7.33. The van der Waals surface area contributed by atoms with Crippen molar-refractivity contribution in [3.8, 4) is 0 Å². The highest BCUT2D eigenvalue weighted by Gasteiger charge is 2.35. The van der Waals surface area contributed by atoms with Crippen molar-refractivity contribution >= 4 is 23.3 Å². The van der Waals surface area contributed by atoms with Gasteiger partial charge in [-0.3, -0.25) is 23.9 Å². The molecule has 10 heteroatoms. The minimum Gasteiger partial charge on any atom is -0.325 e. The van der Waals surface area contributed by atoms with Crippen molar-refractivity contribution in [2.45, 2.75) is 25.3 Å². The molecule has 4 rings (SSSR count). The van der Waals surface area contributed by atoms with Gasteiger partial charge in [-0.25, -0.2) is 13.6 Å². The van der Waals surface area contributed by atoms with Crippen molar-refractivity contribution in [1.82, 2.24) is 9.55 Å². The van der Waals surface area contributed by atoms with Crippen LogP contribution < -0.4 is 21.9 Å². The molecule has 1 aromatic heterocycles. The number of aromatic nitrogens is 2. The van der Waals surface area contributed by atoms with E-state index in [1.165, 1.54) is 4.57 Å². The van der Waals surface area contributed by atoms with Crippen molar-refractivity contribution < 1.29 is 18.4 Å². The van der Waals surface area contributed by atoms with Gasteiger partial charge in [0.15, 0.2) is 11.6 Å². The number of aryl methyl sites for hydroxylation is 1. The minimum absolute atomic E-state index is 0.0322. The molecule has 32 heavy (non-hydrogen) atoms. The summed E-state index contributed by atoms with van der Waals surface area (Å²) < 4.78 is 27.8. The van der Waals surface area contributed by atoms with Gasteiger partial charge in [0, 0.05) is 24.7 Å². The number of halogens is 2. The SMILES string of the molecule is O=C1C[C@H](C(=O)Nc2ccc(F)c(F)c2)c2c(n(CCc3ccccc3)c(=O)[nH]c2=O)N1. The lowest BCUT2D eigenvalue weighted by molar-refractivity contribution is -0.123. The maximum absolute atomic E-state index is 13.5. The van der Waals surface area contributed by atoms with E-state index in [9.17, 15) is 28.0 Å². The number of rotatable bonds is 5. The number of fused-ring (bicyclic) bond motifs is 1. The van der Waals surface area contributed by atoms with Crippen LogP contribution in [0.2, 0.25) is 0 Å². The van der Waals surface area contributed by atoms with Gasteiger partial charge in [0.25, 0.3) is 5.56 Å². The Hall–Kier alpha value is -4.08. The van der Waals surface area contributed by atoms with Gasteiger partial charge in [-0.05, 0) is 24.1 Å². The van der Waals surface area contributed by atoms with Crippen LogP contribution in [0, 0.1) is 11.6 Å². The minimum atomic E-state index is -1.22. The fraction of sp³-hybridized carbons (Fsp3) is 0.182. The Kier molecular flexibility index (Phi) is 5.67. The summed E-state index contributed by atoms with van der Waals surface area (Å²) in [6.45, 7) is 0.153. The summed E-state index contributed by atoms with van der Waals surface area (Å²) in [6.07, 6.45) is 0.100. The maximum Gasteiger partial charge on any atom is 0.329 e. The van der Waals surface area contributed by atoms with E-state index in [1.54, 1.807) is 0 Å². The van der Waals surface area contributed by atoms with Crippen LogP contribution in [0.3, 0.4) is 0 Å². The van der Waals surface area contributed by atoms with Gasteiger partial charge in [0.05, 0.1) is 11.5 Å². The number of H-pyrrole nitrogens is 1. The summed E-state index contributed by atoms with van der Waals surface area (Å²) in [4.78, 5) is 52.4. The molecule has 1 atom stereocenters. The topological polar surface area (TPSA) is 113 Å². The largest absolute Gasteiger partial charge is 0.329 e. The van der Waals surface area contributed by atoms with Gasteiger partial charge in [-0.1, -0.05) is 30.3 Å². The number of nitrogens with zero attached hydrogens (tertiary/aromatic N) is 1. The number of carbonyl (C=O) groups excluding carboxylic acids is 2. The smallest absolute Gasteiger partial charge is 0.325 e.